The normalized spacial score (nSPS) is 18.2. The first-order valence-corrected chi connectivity index (χ1v) is 8.51. The van der Waals surface area contributed by atoms with E-state index in [1.165, 1.54) is 4.90 Å². The van der Waals surface area contributed by atoms with Gasteiger partial charge in [0.2, 0.25) is 5.91 Å². The van der Waals surface area contributed by atoms with Crippen LogP contribution in [0.25, 0.3) is 0 Å². The molecule has 78 valence electrons. The molecule has 0 aromatic rings. The molecule has 0 spiro atoms. The molecule has 0 radical (unpaired) electrons. The maximum absolute atomic E-state index is 11.5. The highest BCUT2D eigenvalue weighted by Crippen LogP contribution is 2.11. The fourth-order valence-electron chi connectivity index (χ4n) is 1.29. The summed E-state index contributed by atoms with van der Waals surface area (Å²) in [5, 5.41) is 0. The van der Waals surface area contributed by atoms with Crippen LogP contribution in [0.4, 0.5) is 0 Å². The molecule has 0 aliphatic carbocycles. The van der Waals surface area contributed by atoms with E-state index >= 15 is 0 Å². The van der Waals surface area contributed by atoms with Crippen molar-refractivity contribution in [3.63, 3.8) is 0 Å². The van der Waals surface area contributed by atoms with Gasteiger partial charge in [0.15, 0.2) is 0 Å². The first-order chi connectivity index (χ1) is 6.40. The average molecular weight is 211 g/mol. The van der Waals surface area contributed by atoms with Gasteiger partial charge in [0, 0.05) is 13.0 Å². The zero-order chi connectivity index (χ0) is 10.8. The van der Waals surface area contributed by atoms with E-state index in [2.05, 4.69) is 19.6 Å². The minimum atomic E-state index is -1.33. The minimum Gasteiger partial charge on any atom is -0.279 e. The molecule has 3 nitrogen and oxygen atoms in total. The van der Waals surface area contributed by atoms with Crippen molar-refractivity contribution in [2.45, 2.75) is 32.5 Å². The van der Waals surface area contributed by atoms with Gasteiger partial charge in [0.25, 0.3) is 5.91 Å². The second kappa shape index (κ2) is 4.08. The summed E-state index contributed by atoms with van der Waals surface area (Å²) in [4.78, 5) is 24.1. The summed E-state index contributed by atoms with van der Waals surface area (Å²) in [5.41, 5.74) is 1.97. The van der Waals surface area contributed by atoms with Crippen LogP contribution in [0, 0.1) is 0 Å². The van der Waals surface area contributed by atoms with Crippen LogP contribution in [0.1, 0.15) is 12.8 Å². The third-order valence-corrected chi connectivity index (χ3v) is 3.23. The molecule has 0 unspecified atom stereocenters. The second-order valence-corrected chi connectivity index (χ2v) is 9.75. The molecule has 0 atom stereocenters. The van der Waals surface area contributed by atoms with Crippen molar-refractivity contribution in [3.8, 4) is 0 Å². The van der Waals surface area contributed by atoms with Gasteiger partial charge in [-0.25, -0.2) is 0 Å². The summed E-state index contributed by atoms with van der Waals surface area (Å²) in [6.07, 6.45) is 2.90. The summed E-state index contributed by atoms with van der Waals surface area (Å²) >= 11 is 0. The lowest BCUT2D eigenvalue weighted by molar-refractivity contribution is -0.138. The Bertz CT molecular complexity index is 278. The number of likely N-dealkylation sites (tertiary alicyclic amines) is 1. The first kappa shape index (κ1) is 11.2. The van der Waals surface area contributed by atoms with Crippen LogP contribution >= 0.6 is 0 Å². The van der Waals surface area contributed by atoms with Gasteiger partial charge in [-0.1, -0.05) is 25.3 Å². The molecular formula is C10H17NO2Si. The van der Waals surface area contributed by atoms with Gasteiger partial charge < -0.3 is 0 Å². The van der Waals surface area contributed by atoms with Crippen LogP contribution in [0.15, 0.2) is 11.8 Å². The molecule has 0 N–H and O–H groups in total. The monoisotopic (exact) mass is 211 g/mol. The number of hydrogen-bond donors (Lipinski definition) is 0. The Balaban J connectivity index is 2.58. The SMILES string of the molecule is C[Si](C)(C)/C=C/C(=O)N1CCCC1=O. The predicted molar refractivity (Wildman–Crippen MR) is 58.4 cm³/mol. The van der Waals surface area contributed by atoms with E-state index in [9.17, 15) is 9.59 Å². The molecule has 1 aliphatic heterocycles. The van der Waals surface area contributed by atoms with E-state index in [0.717, 1.165) is 6.42 Å². The molecule has 2 amide bonds. The Hall–Kier alpha value is -0.903. The highest BCUT2D eigenvalue weighted by Gasteiger charge is 2.24. The summed E-state index contributed by atoms with van der Waals surface area (Å²) in [5.74, 6) is -0.176. The van der Waals surface area contributed by atoms with Crippen LogP contribution in [-0.4, -0.2) is 31.3 Å². The highest BCUT2D eigenvalue weighted by atomic mass is 28.3. The number of nitrogens with zero attached hydrogens (tertiary/aromatic N) is 1. The Morgan fingerprint density at radius 2 is 2.07 bits per heavy atom. The summed E-state index contributed by atoms with van der Waals surface area (Å²) in [6.45, 7) is 7.06. The lowest BCUT2D eigenvalue weighted by Crippen LogP contribution is -2.31. The Kier molecular flexibility index (Phi) is 3.26. The molecule has 1 heterocycles. The van der Waals surface area contributed by atoms with Gasteiger partial charge in [-0.2, -0.15) is 0 Å². The standard InChI is InChI=1S/C10H17NO2Si/c1-14(2,3)8-6-10(13)11-7-4-5-9(11)12/h6,8H,4-5,7H2,1-3H3/b8-6+. The van der Waals surface area contributed by atoms with E-state index in [1.54, 1.807) is 6.08 Å². The van der Waals surface area contributed by atoms with Crippen LogP contribution in [0.5, 0.6) is 0 Å². The van der Waals surface area contributed by atoms with Crippen LogP contribution in [0.3, 0.4) is 0 Å². The molecular weight excluding hydrogens is 194 g/mol. The lowest BCUT2D eigenvalue weighted by Gasteiger charge is -2.12. The third kappa shape index (κ3) is 3.10. The molecule has 1 saturated heterocycles. The van der Waals surface area contributed by atoms with Gasteiger partial charge >= 0.3 is 0 Å². The van der Waals surface area contributed by atoms with Crippen molar-refractivity contribution in [1.82, 2.24) is 4.90 Å². The van der Waals surface area contributed by atoms with Crippen molar-refractivity contribution in [2.75, 3.05) is 6.54 Å². The Morgan fingerprint density at radius 1 is 1.43 bits per heavy atom. The second-order valence-electron chi connectivity index (χ2n) is 4.69. The lowest BCUT2D eigenvalue weighted by atomic mass is 10.4. The topological polar surface area (TPSA) is 37.4 Å². The molecule has 1 aliphatic rings. The molecule has 0 saturated carbocycles. The molecule has 0 bridgehead atoms. The zero-order valence-corrected chi connectivity index (χ0v) is 10.0. The number of rotatable bonds is 2. The predicted octanol–water partition coefficient (Wildman–Crippen LogP) is 1.57. The quantitative estimate of drug-likeness (QED) is 0.513. The Morgan fingerprint density at radius 3 is 2.50 bits per heavy atom. The fourth-order valence-corrected chi connectivity index (χ4v) is 1.93. The van der Waals surface area contributed by atoms with E-state index < -0.39 is 8.07 Å². The van der Waals surface area contributed by atoms with Gasteiger partial charge in [0.1, 0.15) is 0 Å². The largest absolute Gasteiger partial charge is 0.279 e. The molecule has 1 rings (SSSR count). The average Bonchev–Trinajstić information content (AvgIpc) is 2.46. The maximum atomic E-state index is 11.5. The zero-order valence-electron chi connectivity index (χ0n) is 9.04. The number of imide groups is 1. The summed E-state index contributed by atoms with van der Waals surface area (Å²) in [6, 6.07) is 0. The summed E-state index contributed by atoms with van der Waals surface area (Å²) in [7, 11) is -1.33. The molecule has 14 heavy (non-hydrogen) atoms. The van der Waals surface area contributed by atoms with Crippen molar-refractivity contribution in [3.05, 3.63) is 11.8 Å². The third-order valence-electron chi connectivity index (χ3n) is 2.07. The van der Waals surface area contributed by atoms with Gasteiger partial charge in [0.05, 0.1) is 8.07 Å². The van der Waals surface area contributed by atoms with Crippen LogP contribution in [-0.2, 0) is 9.59 Å². The van der Waals surface area contributed by atoms with E-state index in [0.29, 0.717) is 13.0 Å². The molecule has 0 aromatic carbocycles. The van der Waals surface area contributed by atoms with Gasteiger partial charge in [-0.05, 0) is 12.5 Å². The van der Waals surface area contributed by atoms with Crippen LogP contribution < -0.4 is 0 Å². The number of carbonyl (C=O) groups is 2. The number of amides is 2. The molecule has 1 fully saturated rings. The number of hydrogen-bond acceptors (Lipinski definition) is 2. The summed E-state index contributed by atoms with van der Waals surface area (Å²) < 4.78 is 0. The fraction of sp³-hybridized carbons (Fsp3) is 0.600. The first-order valence-electron chi connectivity index (χ1n) is 4.94. The van der Waals surface area contributed by atoms with E-state index in [-0.39, 0.29) is 11.8 Å². The minimum absolute atomic E-state index is 0.0322. The van der Waals surface area contributed by atoms with Gasteiger partial charge in [-0.15, -0.1) is 0 Å². The maximum Gasteiger partial charge on any atom is 0.252 e. The number of carbonyl (C=O) groups excluding carboxylic acids is 2. The van der Waals surface area contributed by atoms with E-state index in [4.69, 9.17) is 0 Å². The molecule has 0 aromatic heterocycles. The Labute approximate surface area is 85.8 Å². The van der Waals surface area contributed by atoms with E-state index in [1.807, 2.05) is 5.70 Å². The molecule has 4 heteroatoms. The van der Waals surface area contributed by atoms with Crippen molar-refractivity contribution in [2.24, 2.45) is 0 Å². The van der Waals surface area contributed by atoms with Crippen molar-refractivity contribution in [1.29, 1.82) is 0 Å². The van der Waals surface area contributed by atoms with Crippen molar-refractivity contribution >= 4 is 19.9 Å². The van der Waals surface area contributed by atoms with Crippen molar-refractivity contribution < 1.29 is 9.59 Å². The van der Waals surface area contributed by atoms with Crippen LogP contribution in [0.2, 0.25) is 19.6 Å². The highest BCUT2D eigenvalue weighted by molar-refractivity contribution is 6.81. The van der Waals surface area contributed by atoms with Gasteiger partial charge in [-0.3, -0.25) is 14.5 Å². The smallest absolute Gasteiger partial charge is 0.252 e.